The first-order valence-electron chi connectivity index (χ1n) is 8.80. The van der Waals surface area contributed by atoms with Gasteiger partial charge in [-0.1, -0.05) is 41.0 Å². The van der Waals surface area contributed by atoms with E-state index in [0.29, 0.717) is 32.7 Å². The van der Waals surface area contributed by atoms with Gasteiger partial charge in [0.15, 0.2) is 5.16 Å². The van der Waals surface area contributed by atoms with Gasteiger partial charge >= 0.3 is 0 Å². The Balaban J connectivity index is 1.50. The molecule has 0 saturated carbocycles. The van der Waals surface area contributed by atoms with E-state index >= 15 is 0 Å². The molecule has 4 rings (SSSR count). The molecular formula is C19H16Cl2N8S. The first-order valence-corrected chi connectivity index (χ1v) is 10.5. The van der Waals surface area contributed by atoms with Crippen LogP contribution in [-0.4, -0.2) is 29.7 Å². The zero-order valence-electron chi connectivity index (χ0n) is 15.8. The minimum Gasteiger partial charge on any atom is -0.368 e. The average molecular weight is 459 g/mol. The molecule has 0 radical (unpaired) electrons. The van der Waals surface area contributed by atoms with Gasteiger partial charge in [-0.3, -0.25) is 4.57 Å². The molecule has 0 saturated heterocycles. The molecular weight excluding hydrogens is 443 g/mol. The number of rotatable bonds is 6. The van der Waals surface area contributed by atoms with E-state index in [9.17, 15) is 0 Å². The van der Waals surface area contributed by atoms with E-state index < -0.39 is 0 Å². The molecule has 0 fully saturated rings. The van der Waals surface area contributed by atoms with Crippen molar-refractivity contribution in [1.82, 2.24) is 29.7 Å². The lowest BCUT2D eigenvalue weighted by Gasteiger charge is -2.09. The number of nitrogens with one attached hydrogen (secondary N) is 1. The van der Waals surface area contributed by atoms with Crippen LogP contribution >= 0.6 is 35.0 Å². The zero-order chi connectivity index (χ0) is 21.1. The lowest BCUT2D eigenvalue weighted by Crippen LogP contribution is -2.07. The number of hydrogen-bond donors (Lipinski definition) is 2. The minimum atomic E-state index is 0.129. The molecule has 2 aromatic carbocycles. The van der Waals surface area contributed by atoms with Crippen LogP contribution in [0.3, 0.4) is 0 Å². The van der Waals surface area contributed by atoms with Crippen molar-refractivity contribution >= 4 is 52.5 Å². The van der Waals surface area contributed by atoms with Gasteiger partial charge in [-0.25, -0.2) is 0 Å². The highest BCUT2D eigenvalue weighted by molar-refractivity contribution is 7.98. The van der Waals surface area contributed by atoms with Crippen LogP contribution in [0.5, 0.6) is 0 Å². The summed E-state index contributed by atoms with van der Waals surface area (Å²) in [5.41, 5.74) is 8.53. The highest BCUT2D eigenvalue weighted by Crippen LogP contribution is 2.26. The fourth-order valence-corrected chi connectivity index (χ4v) is 3.67. The second-order valence-electron chi connectivity index (χ2n) is 6.27. The summed E-state index contributed by atoms with van der Waals surface area (Å²) in [5, 5.41) is 13.3. The molecule has 152 valence electrons. The lowest BCUT2D eigenvalue weighted by atomic mass is 10.2. The maximum Gasteiger partial charge on any atom is 0.232 e. The molecule has 8 nitrogen and oxygen atoms in total. The molecule has 0 aliphatic heterocycles. The number of anilines is 3. The summed E-state index contributed by atoms with van der Waals surface area (Å²) in [6.07, 6.45) is 1.64. The first-order chi connectivity index (χ1) is 14.5. The summed E-state index contributed by atoms with van der Waals surface area (Å²) in [6.45, 7) is 1.95. The Hall–Kier alpha value is -2.88. The Morgan fingerprint density at radius 1 is 1.07 bits per heavy atom. The van der Waals surface area contributed by atoms with Crippen molar-refractivity contribution < 1.29 is 0 Å². The second-order valence-corrected chi connectivity index (χ2v) is 8.06. The van der Waals surface area contributed by atoms with E-state index in [1.165, 1.54) is 11.8 Å². The number of nitrogens with zero attached hydrogens (tertiary/aromatic N) is 6. The van der Waals surface area contributed by atoms with Gasteiger partial charge in [0.1, 0.15) is 12.2 Å². The summed E-state index contributed by atoms with van der Waals surface area (Å²) < 4.78 is 1.85. The Morgan fingerprint density at radius 2 is 1.87 bits per heavy atom. The maximum absolute atomic E-state index is 6.25. The predicted octanol–water partition coefficient (Wildman–Crippen LogP) is 4.69. The van der Waals surface area contributed by atoms with Crippen LogP contribution in [0, 0.1) is 6.92 Å². The molecule has 2 aromatic heterocycles. The molecule has 3 N–H and O–H groups in total. The molecule has 2 heterocycles. The van der Waals surface area contributed by atoms with Crippen LogP contribution in [0.2, 0.25) is 10.0 Å². The topological polar surface area (TPSA) is 107 Å². The van der Waals surface area contributed by atoms with Gasteiger partial charge in [0.2, 0.25) is 11.9 Å². The summed E-state index contributed by atoms with van der Waals surface area (Å²) in [5.74, 6) is 1.43. The normalized spacial score (nSPS) is 10.9. The third-order valence-electron chi connectivity index (χ3n) is 4.08. The standard InChI is InChI=1S/C19H16Cl2N8S/c1-11-2-7-14(8-15(11)21)29-10-23-28-19(29)30-9-16-25-17(22)27-18(26-16)24-13-5-3-12(20)4-6-13/h2-8,10H,9H2,1H3,(H3,22,24,25,26,27). The SMILES string of the molecule is Cc1ccc(-n2cnnc2SCc2nc(N)nc(Nc3ccc(Cl)cc3)n2)cc1Cl. The zero-order valence-corrected chi connectivity index (χ0v) is 18.1. The van der Waals surface area contributed by atoms with Gasteiger partial charge in [0.25, 0.3) is 0 Å². The smallest absolute Gasteiger partial charge is 0.232 e. The molecule has 11 heteroatoms. The van der Waals surface area contributed by atoms with E-state index in [1.807, 2.05) is 41.8 Å². The van der Waals surface area contributed by atoms with Crippen molar-refractivity contribution in [2.75, 3.05) is 11.1 Å². The number of hydrogen-bond acceptors (Lipinski definition) is 8. The van der Waals surface area contributed by atoms with Crippen LogP contribution in [-0.2, 0) is 5.75 Å². The van der Waals surface area contributed by atoms with Gasteiger partial charge < -0.3 is 11.1 Å². The third-order valence-corrected chi connectivity index (χ3v) is 5.68. The van der Waals surface area contributed by atoms with E-state index in [-0.39, 0.29) is 5.95 Å². The fraction of sp³-hybridized carbons (Fsp3) is 0.105. The van der Waals surface area contributed by atoms with E-state index in [0.717, 1.165) is 16.9 Å². The quantitative estimate of drug-likeness (QED) is 0.400. The number of nitrogens with two attached hydrogens (primary N) is 1. The molecule has 0 bridgehead atoms. The van der Waals surface area contributed by atoms with Crippen LogP contribution in [0.15, 0.2) is 53.9 Å². The van der Waals surface area contributed by atoms with Gasteiger partial charge in [0, 0.05) is 15.7 Å². The molecule has 0 spiro atoms. The van der Waals surface area contributed by atoms with Crippen molar-refractivity contribution in [3.8, 4) is 5.69 Å². The molecule has 0 atom stereocenters. The predicted molar refractivity (Wildman–Crippen MR) is 120 cm³/mol. The van der Waals surface area contributed by atoms with Crippen molar-refractivity contribution in [3.63, 3.8) is 0 Å². The third kappa shape index (κ3) is 4.81. The molecule has 30 heavy (non-hydrogen) atoms. The largest absolute Gasteiger partial charge is 0.368 e. The number of halogens is 2. The number of aryl methyl sites for hydroxylation is 1. The van der Waals surface area contributed by atoms with Crippen molar-refractivity contribution in [2.24, 2.45) is 0 Å². The van der Waals surface area contributed by atoms with Gasteiger partial charge in [-0.05, 0) is 48.9 Å². The van der Waals surface area contributed by atoms with E-state index in [4.69, 9.17) is 28.9 Å². The Bertz CT molecular complexity index is 1180. The van der Waals surface area contributed by atoms with Crippen LogP contribution < -0.4 is 11.1 Å². The average Bonchev–Trinajstić information content (AvgIpc) is 3.18. The molecule has 4 aromatic rings. The van der Waals surface area contributed by atoms with E-state index in [1.54, 1.807) is 18.5 Å². The van der Waals surface area contributed by atoms with Crippen molar-refractivity contribution in [3.05, 3.63) is 70.2 Å². The van der Waals surface area contributed by atoms with Crippen LogP contribution in [0.4, 0.5) is 17.6 Å². The maximum atomic E-state index is 6.25. The number of aromatic nitrogens is 6. The Morgan fingerprint density at radius 3 is 2.63 bits per heavy atom. The number of nitrogen functional groups attached to an aromatic ring is 1. The minimum absolute atomic E-state index is 0.129. The van der Waals surface area contributed by atoms with Crippen molar-refractivity contribution in [1.29, 1.82) is 0 Å². The van der Waals surface area contributed by atoms with E-state index in [2.05, 4.69) is 30.5 Å². The highest BCUT2D eigenvalue weighted by atomic mass is 35.5. The molecule has 0 aliphatic carbocycles. The molecule has 0 unspecified atom stereocenters. The summed E-state index contributed by atoms with van der Waals surface area (Å²) in [4.78, 5) is 12.8. The second kappa shape index (κ2) is 8.86. The van der Waals surface area contributed by atoms with Crippen LogP contribution in [0.25, 0.3) is 5.69 Å². The summed E-state index contributed by atoms with van der Waals surface area (Å²) in [6, 6.07) is 13.0. The van der Waals surface area contributed by atoms with Crippen molar-refractivity contribution in [2.45, 2.75) is 17.8 Å². The Kier molecular flexibility index (Phi) is 6.03. The van der Waals surface area contributed by atoms with Gasteiger partial charge in [0.05, 0.1) is 11.4 Å². The highest BCUT2D eigenvalue weighted by Gasteiger charge is 2.11. The summed E-state index contributed by atoms with van der Waals surface area (Å²) in [7, 11) is 0. The van der Waals surface area contributed by atoms with Gasteiger partial charge in [-0.2, -0.15) is 15.0 Å². The first kappa shape index (κ1) is 20.4. The summed E-state index contributed by atoms with van der Waals surface area (Å²) >= 11 is 13.6. The molecule has 0 amide bonds. The Labute approximate surface area is 186 Å². The number of benzene rings is 2. The van der Waals surface area contributed by atoms with Gasteiger partial charge in [-0.15, -0.1) is 10.2 Å². The monoisotopic (exact) mass is 458 g/mol. The molecule has 0 aliphatic rings. The lowest BCUT2D eigenvalue weighted by molar-refractivity contribution is 0.879. The number of thioether (sulfide) groups is 1. The fourth-order valence-electron chi connectivity index (χ4n) is 2.58. The van der Waals surface area contributed by atoms with Crippen LogP contribution in [0.1, 0.15) is 11.4 Å².